The number of carbonyl (C=O) groups excluding carboxylic acids is 2. The number of rotatable bonds is 9. The fraction of sp³-hybridized carbons (Fsp3) is 0.190. The summed E-state index contributed by atoms with van der Waals surface area (Å²) in [5, 5.41) is 0. The molecule has 1 heterocycles. The van der Waals surface area contributed by atoms with Gasteiger partial charge in [0.25, 0.3) is 15.9 Å². The van der Waals surface area contributed by atoms with Crippen molar-refractivity contribution in [1.82, 2.24) is 15.2 Å². The molecule has 0 atom stereocenters. The molecule has 1 aliphatic rings. The van der Waals surface area contributed by atoms with Crippen LogP contribution in [-0.4, -0.2) is 43.1 Å². The molecule has 1 aliphatic heterocycles. The molecule has 0 aliphatic carbocycles. The Morgan fingerprint density at radius 3 is 2.66 bits per heavy atom. The van der Waals surface area contributed by atoms with E-state index in [0.717, 1.165) is 5.56 Å². The lowest BCUT2D eigenvalue weighted by molar-refractivity contribution is -0.124. The molecule has 8 nitrogen and oxygen atoms in total. The summed E-state index contributed by atoms with van der Waals surface area (Å²) < 4.78 is 29.8. The first-order valence-electron chi connectivity index (χ1n) is 9.55. The molecule has 1 saturated heterocycles. The van der Waals surface area contributed by atoms with E-state index in [9.17, 15) is 18.0 Å². The van der Waals surface area contributed by atoms with Crippen LogP contribution in [0.5, 0.6) is 5.75 Å². The van der Waals surface area contributed by atoms with Crippen LogP contribution in [0.15, 0.2) is 64.4 Å². The standard InChI is InChI=1S/C21H21N3O5S3/c1-29-16-8-5-7-15(13-16)14-18-20(26)24(21(30)31-18)12-6-11-19(25)22-23-32(27,28)17-9-3-2-4-10-17/h2-5,7-10,13-14,23H,6,11-12H2,1H3,(H,22,25). The van der Waals surface area contributed by atoms with Gasteiger partial charge < -0.3 is 4.74 Å². The first-order valence-corrected chi connectivity index (χ1v) is 12.3. The predicted molar refractivity (Wildman–Crippen MR) is 127 cm³/mol. The number of methoxy groups -OCH3 is 1. The normalized spacial score (nSPS) is 15.3. The number of hydrogen-bond donors (Lipinski definition) is 2. The third kappa shape index (κ3) is 6.16. The van der Waals surface area contributed by atoms with Crippen LogP contribution in [0.25, 0.3) is 6.08 Å². The minimum atomic E-state index is -3.84. The Kier molecular flexibility index (Phi) is 8.02. The van der Waals surface area contributed by atoms with Crippen molar-refractivity contribution in [3.8, 4) is 5.75 Å². The second kappa shape index (κ2) is 10.7. The molecule has 2 amide bonds. The third-order valence-corrected chi connectivity index (χ3v) is 7.07. The molecular formula is C21H21N3O5S3. The Morgan fingerprint density at radius 1 is 1.19 bits per heavy atom. The second-order valence-corrected chi connectivity index (χ2v) is 10.0. The highest BCUT2D eigenvalue weighted by Gasteiger charge is 2.31. The van der Waals surface area contributed by atoms with Gasteiger partial charge in [0.2, 0.25) is 5.91 Å². The Balaban J connectivity index is 1.50. The van der Waals surface area contributed by atoms with Gasteiger partial charge in [0.15, 0.2) is 0 Å². The highest BCUT2D eigenvalue weighted by atomic mass is 32.2. The Morgan fingerprint density at radius 2 is 1.94 bits per heavy atom. The van der Waals surface area contributed by atoms with Gasteiger partial charge >= 0.3 is 0 Å². The zero-order valence-electron chi connectivity index (χ0n) is 17.1. The molecule has 0 aromatic heterocycles. The first-order chi connectivity index (χ1) is 15.3. The smallest absolute Gasteiger partial charge is 0.266 e. The summed E-state index contributed by atoms with van der Waals surface area (Å²) in [6, 6.07) is 15.0. The number of nitrogens with one attached hydrogen (secondary N) is 2. The minimum Gasteiger partial charge on any atom is -0.497 e. The van der Waals surface area contributed by atoms with Gasteiger partial charge in [-0.3, -0.25) is 19.9 Å². The summed E-state index contributed by atoms with van der Waals surface area (Å²) in [7, 11) is -2.27. The zero-order valence-corrected chi connectivity index (χ0v) is 19.6. The number of hydrazine groups is 1. The molecule has 168 valence electrons. The van der Waals surface area contributed by atoms with E-state index in [2.05, 4.69) is 10.3 Å². The van der Waals surface area contributed by atoms with E-state index in [1.807, 2.05) is 24.3 Å². The highest BCUT2D eigenvalue weighted by Crippen LogP contribution is 2.33. The summed E-state index contributed by atoms with van der Waals surface area (Å²) in [4.78, 5) is 28.7. The molecule has 0 radical (unpaired) electrons. The highest BCUT2D eigenvalue weighted by molar-refractivity contribution is 8.26. The molecule has 2 N–H and O–H groups in total. The molecule has 0 spiro atoms. The largest absolute Gasteiger partial charge is 0.497 e. The molecule has 2 aromatic rings. The fourth-order valence-corrected chi connectivity index (χ4v) is 5.01. The van der Waals surface area contributed by atoms with Crippen molar-refractivity contribution >= 4 is 56.2 Å². The number of hydrogen-bond acceptors (Lipinski definition) is 7. The molecule has 3 rings (SSSR count). The first kappa shape index (κ1) is 23.9. The van der Waals surface area contributed by atoms with E-state index >= 15 is 0 Å². The van der Waals surface area contributed by atoms with Crippen molar-refractivity contribution in [3.05, 3.63) is 65.1 Å². The number of thiocarbonyl (C=S) groups is 1. The summed E-state index contributed by atoms with van der Waals surface area (Å²) in [6.45, 7) is 0.249. The number of ether oxygens (including phenoxy) is 1. The van der Waals surface area contributed by atoms with Crippen LogP contribution in [0.2, 0.25) is 0 Å². The van der Waals surface area contributed by atoms with Crippen LogP contribution in [0.1, 0.15) is 18.4 Å². The number of nitrogens with zero attached hydrogens (tertiary/aromatic N) is 1. The summed E-state index contributed by atoms with van der Waals surface area (Å²) in [5.41, 5.74) is 2.99. The molecule has 1 fully saturated rings. The molecule has 0 saturated carbocycles. The van der Waals surface area contributed by atoms with Crippen molar-refractivity contribution in [3.63, 3.8) is 0 Å². The van der Waals surface area contributed by atoms with E-state index in [1.165, 1.54) is 28.8 Å². The zero-order chi connectivity index (χ0) is 23.1. The molecule has 0 unspecified atom stereocenters. The molecule has 11 heteroatoms. The summed E-state index contributed by atoms with van der Waals surface area (Å²) in [6.07, 6.45) is 2.08. The van der Waals surface area contributed by atoms with E-state index in [4.69, 9.17) is 17.0 Å². The lowest BCUT2D eigenvalue weighted by Gasteiger charge is -2.14. The van der Waals surface area contributed by atoms with Crippen LogP contribution >= 0.6 is 24.0 Å². The van der Waals surface area contributed by atoms with Gasteiger partial charge in [-0.05, 0) is 42.3 Å². The van der Waals surface area contributed by atoms with Crippen molar-refractivity contribution < 1.29 is 22.7 Å². The minimum absolute atomic E-state index is 0.0172. The van der Waals surface area contributed by atoms with Crippen molar-refractivity contribution in [2.45, 2.75) is 17.7 Å². The molecule has 2 aromatic carbocycles. The Bertz CT molecular complexity index is 1150. The maximum atomic E-state index is 12.7. The van der Waals surface area contributed by atoms with Gasteiger partial charge in [0, 0.05) is 13.0 Å². The molecule has 0 bridgehead atoms. The average molecular weight is 492 g/mol. The van der Waals surface area contributed by atoms with E-state index < -0.39 is 15.9 Å². The Hall–Kier alpha value is -2.73. The van der Waals surface area contributed by atoms with Gasteiger partial charge in [0.05, 0.1) is 16.9 Å². The molecular weight excluding hydrogens is 470 g/mol. The SMILES string of the molecule is COc1cccc(C=C2SC(=S)N(CCCC(=O)NNS(=O)(=O)c3ccccc3)C2=O)c1. The van der Waals surface area contributed by atoms with Crippen LogP contribution in [0, 0.1) is 0 Å². The van der Waals surface area contributed by atoms with Gasteiger partial charge in [0.1, 0.15) is 10.1 Å². The topological polar surface area (TPSA) is 105 Å². The van der Waals surface area contributed by atoms with E-state index in [0.29, 0.717) is 21.4 Å². The summed E-state index contributed by atoms with van der Waals surface area (Å²) in [5.74, 6) is -0.0574. The maximum Gasteiger partial charge on any atom is 0.266 e. The quantitative estimate of drug-likeness (QED) is 0.316. The van der Waals surface area contributed by atoms with Crippen molar-refractivity contribution in [2.75, 3.05) is 13.7 Å². The number of amides is 2. The van der Waals surface area contributed by atoms with Gasteiger partial charge in [-0.25, -0.2) is 8.42 Å². The number of thioether (sulfide) groups is 1. The van der Waals surface area contributed by atoms with Crippen LogP contribution in [0.3, 0.4) is 0 Å². The predicted octanol–water partition coefficient (Wildman–Crippen LogP) is 2.69. The van der Waals surface area contributed by atoms with Crippen LogP contribution in [-0.2, 0) is 19.6 Å². The van der Waals surface area contributed by atoms with Crippen molar-refractivity contribution in [1.29, 1.82) is 0 Å². The number of sulfonamides is 1. The van der Waals surface area contributed by atoms with Crippen LogP contribution < -0.4 is 15.0 Å². The monoisotopic (exact) mass is 491 g/mol. The third-order valence-electron chi connectivity index (χ3n) is 4.43. The summed E-state index contributed by atoms with van der Waals surface area (Å²) >= 11 is 6.50. The van der Waals surface area contributed by atoms with Crippen LogP contribution in [0.4, 0.5) is 0 Å². The van der Waals surface area contributed by atoms with Gasteiger partial charge in [-0.1, -0.05) is 54.3 Å². The van der Waals surface area contributed by atoms with Gasteiger partial charge in [-0.2, -0.15) is 0 Å². The van der Waals surface area contributed by atoms with Crippen molar-refractivity contribution in [2.24, 2.45) is 0 Å². The van der Waals surface area contributed by atoms with Gasteiger partial charge in [-0.15, -0.1) is 4.83 Å². The maximum absolute atomic E-state index is 12.7. The number of carbonyl (C=O) groups is 2. The van der Waals surface area contributed by atoms with E-state index in [-0.39, 0.29) is 23.8 Å². The fourth-order valence-electron chi connectivity index (χ4n) is 2.82. The molecule has 32 heavy (non-hydrogen) atoms. The van der Waals surface area contributed by atoms with E-state index in [1.54, 1.807) is 31.4 Å². The average Bonchev–Trinajstić information content (AvgIpc) is 3.05. The lowest BCUT2D eigenvalue weighted by Crippen LogP contribution is -2.41. The Labute approximate surface area is 196 Å². The lowest BCUT2D eigenvalue weighted by atomic mass is 10.2. The second-order valence-electron chi connectivity index (χ2n) is 6.68. The number of benzene rings is 2.